The molecule has 0 radical (unpaired) electrons. The molecule has 0 fully saturated rings. The van der Waals surface area contributed by atoms with Crippen LogP contribution in [-0.2, 0) is 0 Å². The Morgan fingerprint density at radius 2 is 1.69 bits per heavy atom. The summed E-state index contributed by atoms with van der Waals surface area (Å²) in [6, 6.07) is 23.5. The highest BCUT2D eigenvalue weighted by molar-refractivity contribution is 7.16. The Balaban J connectivity index is 1.32. The number of hydrogen-bond acceptors (Lipinski definition) is 5. The molecule has 3 aromatic carbocycles. The molecule has 0 aliphatic carbocycles. The monoisotopic (exact) mass is 413 g/mol. The van der Waals surface area contributed by atoms with E-state index in [4.69, 9.17) is 4.98 Å². The summed E-state index contributed by atoms with van der Waals surface area (Å²) in [4.78, 5) is 21.5. The molecule has 5 rings (SSSR count). The van der Waals surface area contributed by atoms with Crippen molar-refractivity contribution in [3.8, 4) is 21.8 Å². The van der Waals surface area contributed by atoms with Crippen LogP contribution in [0.5, 0.6) is 0 Å². The molecule has 0 bridgehead atoms. The molecule has 0 saturated heterocycles. The second-order valence-corrected chi connectivity index (χ2v) is 8.21. The maximum absolute atomic E-state index is 12.6. The zero-order chi connectivity index (χ0) is 19.6. The Hall–Kier alpha value is -3.35. The van der Waals surface area contributed by atoms with Gasteiger partial charge >= 0.3 is 0 Å². The van der Waals surface area contributed by atoms with Crippen LogP contribution in [0.25, 0.3) is 32.0 Å². The summed E-state index contributed by atoms with van der Waals surface area (Å²) in [6.45, 7) is 0. The molecule has 4 nitrogen and oxygen atoms in total. The summed E-state index contributed by atoms with van der Waals surface area (Å²) >= 11 is 3.15. The zero-order valence-corrected chi connectivity index (χ0v) is 16.8. The van der Waals surface area contributed by atoms with Crippen molar-refractivity contribution in [2.24, 2.45) is 0 Å². The predicted molar refractivity (Wildman–Crippen MR) is 121 cm³/mol. The van der Waals surface area contributed by atoms with Gasteiger partial charge in [0.1, 0.15) is 5.01 Å². The molecule has 5 aromatic rings. The number of nitrogens with zero attached hydrogens (tertiary/aromatic N) is 2. The van der Waals surface area contributed by atoms with Gasteiger partial charge in [-0.15, -0.1) is 22.7 Å². The van der Waals surface area contributed by atoms with Crippen molar-refractivity contribution in [2.45, 2.75) is 0 Å². The lowest BCUT2D eigenvalue weighted by Crippen LogP contribution is -2.11. The van der Waals surface area contributed by atoms with Gasteiger partial charge in [0, 0.05) is 27.8 Å². The molecule has 0 spiro atoms. The minimum atomic E-state index is -0.131. The summed E-state index contributed by atoms with van der Waals surface area (Å²) in [5.41, 5.74) is 7.14. The summed E-state index contributed by atoms with van der Waals surface area (Å²) < 4.78 is 1.01. The third-order valence-corrected chi connectivity index (χ3v) is 6.24. The van der Waals surface area contributed by atoms with Crippen LogP contribution < -0.4 is 5.32 Å². The number of nitrogens with one attached hydrogen (secondary N) is 1. The Morgan fingerprint density at radius 1 is 0.862 bits per heavy atom. The van der Waals surface area contributed by atoms with Crippen molar-refractivity contribution < 1.29 is 4.79 Å². The minimum Gasteiger partial charge on any atom is -0.322 e. The molecule has 0 aliphatic rings. The van der Waals surface area contributed by atoms with E-state index in [9.17, 15) is 4.79 Å². The second-order valence-electron chi connectivity index (χ2n) is 6.47. The van der Waals surface area contributed by atoms with Crippen molar-refractivity contribution >= 4 is 44.5 Å². The van der Waals surface area contributed by atoms with E-state index in [1.165, 1.54) is 11.3 Å². The van der Waals surface area contributed by atoms with E-state index in [1.807, 2.05) is 54.6 Å². The van der Waals surface area contributed by atoms with Gasteiger partial charge in [0.15, 0.2) is 0 Å². The number of aromatic nitrogens is 2. The number of hydrogen-bond donors (Lipinski definition) is 1. The Morgan fingerprint density at radius 3 is 2.52 bits per heavy atom. The molecule has 2 heterocycles. The standard InChI is InChI=1S/C23H15N3OS2/c27-22(17-8-11-19-21(12-17)29-14-24-19)25-18-9-6-15(7-10-18)20-13-28-23(26-20)16-4-2-1-3-5-16/h1-14H,(H,25,27). The van der Waals surface area contributed by atoms with Crippen molar-refractivity contribution in [2.75, 3.05) is 5.32 Å². The average molecular weight is 414 g/mol. The van der Waals surface area contributed by atoms with E-state index >= 15 is 0 Å². The normalized spacial score (nSPS) is 10.9. The highest BCUT2D eigenvalue weighted by Gasteiger charge is 2.10. The Labute approximate surface area is 175 Å². The zero-order valence-electron chi connectivity index (χ0n) is 15.2. The van der Waals surface area contributed by atoms with Crippen LogP contribution in [0.2, 0.25) is 0 Å². The van der Waals surface area contributed by atoms with Crippen molar-refractivity contribution in [1.82, 2.24) is 9.97 Å². The fraction of sp³-hybridized carbons (Fsp3) is 0. The first-order valence-corrected chi connectivity index (χ1v) is 10.8. The van der Waals surface area contributed by atoms with Gasteiger partial charge in [-0.25, -0.2) is 9.97 Å². The van der Waals surface area contributed by atoms with Crippen molar-refractivity contribution in [3.63, 3.8) is 0 Å². The molecule has 1 amide bonds. The SMILES string of the molecule is O=C(Nc1ccc(-c2csc(-c3ccccc3)n2)cc1)c1ccc2ncsc2c1. The Kier molecular flexibility index (Phi) is 4.63. The topological polar surface area (TPSA) is 54.9 Å². The van der Waals surface area contributed by atoms with E-state index in [1.54, 1.807) is 22.9 Å². The van der Waals surface area contributed by atoms with Crippen LogP contribution in [0.4, 0.5) is 5.69 Å². The summed E-state index contributed by atoms with van der Waals surface area (Å²) in [7, 11) is 0. The van der Waals surface area contributed by atoms with E-state index in [0.717, 1.165) is 37.7 Å². The van der Waals surface area contributed by atoms with Crippen LogP contribution in [0.1, 0.15) is 10.4 Å². The number of amides is 1. The van der Waals surface area contributed by atoms with Gasteiger partial charge in [-0.1, -0.05) is 42.5 Å². The third kappa shape index (κ3) is 3.68. The van der Waals surface area contributed by atoms with E-state index in [-0.39, 0.29) is 5.91 Å². The first kappa shape index (κ1) is 17.7. The van der Waals surface area contributed by atoms with E-state index < -0.39 is 0 Å². The van der Waals surface area contributed by atoms with Crippen molar-refractivity contribution in [1.29, 1.82) is 0 Å². The molecule has 0 unspecified atom stereocenters. The number of fused-ring (bicyclic) bond motifs is 1. The summed E-state index contributed by atoms with van der Waals surface area (Å²) in [5.74, 6) is -0.131. The van der Waals surface area contributed by atoms with Gasteiger partial charge in [0.25, 0.3) is 5.91 Å². The minimum absolute atomic E-state index is 0.131. The van der Waals surface area contributed by atoms with E-state index in [0.29, 0.717) is 5.56 Å². The first-order chi connectivity index (χ1) is 14.3. The van der Waals surface area contributed by atoms with E-state index in [2.05, 4.69) is 27.8 Å². The smallest absolute Gasteiger partial charge is 0.255 e. The van der Waals surface area contributed by atoms with Gasteiger partial charge in [-0.05, 0) is 30.3 Å². The van der Waals surface area contributed by atoms with Crippen LogP contribution in [0, 0.1) is 0 Å². The Bertz CT molecular complexity index is 1290. The number of anilines is 1. The fourth-order valence-electron chi connectivity index (χ4n) is 3.04. The lowest BCUT2D eigenvalue weighted by Gasteiger charge is -2.06. The summed E-state index contributed by atoms with van der Waals surface area (Å²) in [6.07, 6.45) is 0. The molecule has 2 aromatic heterocycles. The van der Waals surface area contributed by atoms with Gasteiger partial charge in [0.2, 0.25) is 0 Å². The maximum atomic E-state index is 12.6. The van der Waals surface area contributed by atoms with Crippen LogP contribution >= 0.6 is 22.7 Å². The largest absolute Gasteiger partial charge is 0.322 e. The number of benzene rings is 3. The van der Waals surface area contributed by atoms with Crippen molar-refractivity contribution in [3.05, 3.63) is 89.3 Å². The average Bonchev–Trinajstić information content (AvgIpc) is 3.44. The molecular formula is C23H15N3OS2. The molecule has 29 heavy (non-hydrogen) atoms. The predicted octanol–water partition coefficient (Wildman–Crippen LogP) is 6.34. The number of carbonyl (C=O) groups excluding carboxylic acids is 1. The lowest BCUT2D eigenvalue weighted by molar-refractivity contribution is 0.102. The molecule has 0 saturated carbocycles. The number of carbonyl (C=O) groups is 1. The van der Waals surface area contributed by atoms with Gasteiger partial charge in [-0.2, -0.15) is 0 Å². The molecule has 0 aliphatic heterocycles. The molecule has 0 atom stereocenters. The number of thiazole rings is 2. The fourth-order valence-corrected chi connectivity index (χ4v) is 4.60. The lowest BCUT2D eigenvalue weighted by atomic mass is 10.1. The van der Waals surface area contributed by atoms with Gasteiger partial charge in [-0.3, -0.25) is 4.79 Å². The highest BCUT2D eigenvalue weighted by Crippen LogP contribution is 2.29. The summed E-state index contributed by atoms with van der Waals surface area (Å²) in [5, 5.41) is 6.00. The molecular weight excluding hydrogens is 398 g/mol. The first-order valence-electron chi connectivity index (χ1n) is 9.02. The van der Waals surface area contributed by atoms with Crippen LogP contribution in [0.15, 0.2) is 83.7 Å². The van der Waals surface area contributed by atoms with Crippen LogP contribution in [-0.4, -0.2) is 15.9 Å². The van der Waals surface area contributed by atoms with Gasteiger partial charge < -0.3 is 5.32 Å². The molecule has 6 heteroatoms. The second kappa shape index (κ2) is 7.58. The van der Waals surface area contributed by atoms with Gasteiger partial charge in [0.05, 0.1) is 21.4 Å². The number of rotatable bonds is 4. The maximum Gasteiger partial charge on any atom is 0.255 e. The van der Waals surface area contributed by atoms with Crippen LogP contribution in [0.3, 0.4) is 0 Å². The quantitative estimate of drug-likeness (QED) is 0.374. The highest BCUT2D eigenvalue weighted by atomic mass is 32.1. The molecule has 140 valence electrons. The molecule has 1 N–H and O–H groups in total. The third-order valence-electron chi connectivity index (χ3n) is 4.56.